The third kappa shape index (κ3) is 7.51. The summed E-state index contributed by atoms with van der Waals surface area (Å²) in [5, 5.41) is 13.9. The number of hydrogen-bond acceptors (Lipinski definition) is 3. The van der Waals surface area contributed by atoms with Crippen molar-refractivity contribution < 1.29 is 23.8 Å². The number of anilines is 2. The van der Waals surface area contributed by atoms with Crippen LogP contribution in [0.3, 0.4) is 0 Å². The monoisotopic (exact) mass is 508 g/mol. The van der Waals surface area contributed by atoms with Crippen LogP contribution in [0.1, 0.15) is 57.4 Å². The summed E-state index contributed by atoms with van der Waals surface area (Å²) in [6.07, 6.45) is 5.24. The smallest absolute Gasteiger partial charge is 0.323 e. The molecule has 1 fully saturated rings. The molecule has 174 valence electrons. The Morgan fingerprint density at radius 3 is 2.28 bits per heavy atom. The largest absolute Gasteiger partial charge is 0.495 e. The maximum absolute atomic E-state index is 13.7. The van der Waals surface area contributed by atoms with E-state index < -0.39 is 17.8 Å². The molecular formula is C24H30BrFN2O4. The number of benzene rings is 2. The lowest BCUT2D eigenvalue weighted by Gasteiger charge is -2.16. The van der Waals surface area contributed by atoms with Crippen molar-refractivity contribution >= 4 is 39.3 Å². The number of carbonyl (C=O) groups excluding carboxylic acids is 1. The van der Waals surface area contributed by atoms with Gasteiger partial charge in [0.15, 0.2) is 0 Å². The van der Waals surface area contributed by atoms with E-state index in [0.29, 0.717) is 5.75 Å². The molecule has 0 aromatic heterocycles. The van der Waals surface area contributed by atoms with Crippen molar-refractivity contribution in [3.63, 3.8) is 0 Å². The van der Waals surface area contributed by atoms with Crippen LogP contribution in [0.2, 0.25) is 0 Å². The molecule has 0 bridgehead atoms. The van der Waals surface area contributed by atoms with Gasteiger partial charge in [-0.15, -0.1) is 0 Å². The summed E-state index contributed by atoms with van der Waals surface area (Å²) >= 11 is 3.08. The van der Waals surface area contributed by atoms with Crippen molar-refractivity contribution in [2.75, 3.05) is 17.7 Å². The van der Waals surface area contributed by atoms with Crippen LogP contribution in [0.15, 0.2) is 40.9 Å². The maximum atomic E-state index is 13.7. The van der Waals surface area contributed by atoms with Gasteiger partial charge in [0, 0.05) is 11.8 Å². The summed E-state index contributed by atoms with van der Waals surface area (Å²) in [5.74, 6) is -0.478. The number of para-hydroxylation sites is 1. The molecular weight excluding hydrogens is 479 g/mol. The predicted octanol–water partition coefficient (Wildman–Crippen LogP) is 7.02. The highest BCUT2D eigenvalue weighted by atomic mass is 79.9. The fourth-order valence-corrected chi connectivity index (χ4v) is 3.86. The highest BCUT2D eigenvalue weighted by Gasteiger charge is 2.19. The van der Waals surface area contributed by atoms with Gasteiger partial charge >= 0.3 is 12.0 Å². The van der Waals surface area contributed by atoms with Crippen LogP contribution < -0.4 is 15.4 Å². The number of rotatable bonds is 5. The molecule has 2 aromatic rings. The number of amides is 2. The van der Waals surface area contributed by atoms with Crippen molar-refractivity contribution in [1.29, 1.82) is 0 Å². The highest BCUT2D eigenvalue weighted by molar-refractivity contribution is 9.10. The van der Waals surface area contributed by atoms with Gasteiger partial charge in [0.1, 0.15) is 11.6 Å². The molecule has 0 saturated heterocycles. The zero-order chi connectivity index (χ0) is 23.7. The lowest BCUT2D eigenvalue weighted by Crippen LogP contribution is -2.21. The van der Waals surface area contributed by atoms with Gasteiger partial charge in [0.2, 0.25) is 0 Å². The molecule has 3 N–H and O–H groups in total. The van der Waals surface area contributed by atoms with E-state index in [1.54, 1.807) is 0 Å². The molecule has 0 heterocycles. The first-order valence-electron chi connectivity index (χ1n) is 10.7. The van der Waals surface area contributed by atoms with Crippen LogP contribution in [0, 0.1) is 11.7 Å². The number of hydrogen-bond donors (Lipinski definition) is 3. The third-order valence-corrected chi connectivity index (χ3v) is 5.88. The van der Waals surface area contributed by atoms with E-state index in [2.05, 4.69) is 26.6 Å². The van der Waals surface area contributed by atoms with Crippen LogP contribution in [-0.4, -0.2) is 24.2 Å². The zero-order valence-electron chi connectivity index (χ0n) is 18.6. The molecule has 0 unspecified atom stereocenters. The molecule has 1 saturated carbocycles. The zero-order valence-corrected chi connectivity index (χ0v) is 20.2. The lowest BCUT2D eigenvalue weighted by molar-refractivity contribution is -0.142. The standard InChI is InChI=1S/C17H18BrFN2O2.C7H12O2/c1-10(2)11-6-4-5-7-14(11)20-17(22)21-15-9-13(19)12(18)8-16(15)23-3;8-7(9)6-4-2-1-3-5-6/h4-10H,1-3H3,(H2,20,21,22);6H,1-5H2,(H,8,9). The first-order valence-corrected chi connectivity index (χ1v) is 11.4. The molecule has 0 radical (unpaired) electrons. The first-order chi connectivity index (χ1) is 15.2. The van der Waals surface area contributed by atoms with E-state index in [-0.39, 0.29) is 22.0 Å². The minimum atomic E-state index is -0.602. The van der Waals surface area contributed by atoms with Crippen molar-refractivity contribution in [1.82, 2.24) is 0 Å². The molecule has 2 amide bonds. The molecule has 32 heavy (non-hydrogen) atoms. The fraction of sp³-hybridized carbons (Fsp3) is 0.417. The van der Waals surface area contributed by atoms with Crippen molar-refractivity contribution in [2.45, 2.75) is 51.9 Å². The lowest BCUT2D eigenvalue weighted by atomic mass is 9.90. The topological polar surface area (TPSA) is 87.7 Å². The quantitative estimate of drug-likeness (QED) is 0.405. The Morgan fingerprint density at radius 2 is 1.72 bits per heavy atom. The number of ether oxygens (including phenoxy) is 1. The SMILES string of the molecule is COc1cc(Br)c(F)cc1NC(=O)Nc1ccccc1C(C)C.O=C(O)C1CCCCC1. The van der Waals surface area contributed by atoms with E-state index in [9.17, 15) is 14.0 Å². The average molecular weight is 509 g/mol. The second kappa shape index (κ2) is 12.4. The van der Waals surface area contributed by atoms with Gasteiger partial charge in [-0.05, 0) is 52.4 Å². The molecule has 0 atom stereocenters. The van der Waals surface area contributed by atoms with Gasteiger partial charge in [-0.25, -0.2) is 9.18 Å². The number of carboxylic acids is 1. The van der Waals surface area contributed by atoms with Gasteiger partial charge in [-0.1, -0.05) is 51.3 Å². The number of carboxylic acid groups (broad SMARTS) is 1. The summed E-state index contributed by atoms with van der Waals surface area (Å²) < 4.78 is 19.1. The highest BCUT2D eigenvalue weighted by Crippen LogP contribution is 2.31. The van der Waals surface area contributed by atoms with Crippen LogP contribution in [-0.2, 0) is 4.79 Å². The molecule has 6 nitrogen and oxygen atoms in total. The minimum absolute atomic E-state index is 0.0289. The van der Waals surface area contributed by atoms with Gasteiger partial charge in [0.05, 0.1) is 23.2 Å². The van der Waals surface area contributed by atoms with Crippen molar-refractivity contribution in [3.05, 3.63) is 52.3 Å². The van der Waals surface area contributed by atoms with Gasteiger partial charge < -0.3 is 20.5 Å². The summed E-state index contributed by atoms with van der Waals surface area (Å²) in [7, 11) is 1.46. The van der Waals surface area contributed by atoms with E-state index >= 15 is 0 Å². The van der Waals surface area contributed by atoms with Crippen LogP contribution in [0.4, 0.5) is 20.6 Å². The van der Waals surface area contributed by atoms with Crippen molar-refractivity contribution in [2.24, 2.45) is 5.92 Å². The normalized spacial score (nSPS) is 13.7. The molecule has 0 aliphatic heterocycles. The molecule has 3 rings (SSSR count). The van der Waals surface area contributed by atoms with Gasteiger partial charge in [-0.2, -0.15) is 0 Å². The number of urea groups is 1. The number of nitrogens with one attached hydrogen (secondary N) is 2. The molecule has 8 heteroatoms. The Labute approximate surface area is 196 Å². The number of carbonyl (C=O) groups is 2. The molecule has 0 spiro atoms. The predicted molar refractivity (Wildman–Crippen MR) is 128 cm³/mol. The van der Waals surface area contributed by atoms with E-state index in [4.69, 9.17) is 9.84 Å². The Balaban J connectivity index is 0.000000336. The van der Waals surface area contributed by atoms with Gasteiger partial charge in [0.25, 0.3) is 0 Å². The Morgan fingerprint density at radius 1 is 1.09 bits per heavy atom. The van der Waals surface area contributed by atoms with E-state index in [0.717, 1.165) is 36.9 Å². The second-order valence-corrected chi connectivity index (χ2v) is 8.82. The van der Waals surface area contributed by atoms with Crippen molar-refractivity contribution in [3.8, 4) is 5.75 Å². The average Bonchev–Trinajstić information content (AvgIpc) is 2.77. The Bertz CT molecular complexity index is 930. The summed E-state index contributed by atoms with van der Waals surface area (Å²) in [4.78, 5) is 22.6. The number of methoxy groups -OCH3 is 1. The van der Waals surface area contributed by atoms with Gasteiger partial charge in [-0.3, -0.25) is 4.79 Å². The van der Waals surface area contributed by atoms with Crippen LogP contribution in [0.25, 0.3) is 0 Å². The third-order valence-electron chi connectivity index (χ3n) is 5.28. The fourth-order valence-electron chi connectivity index (χ4n) is 3.53. The molecule has 1 aliphatic rings. The molecule has 2 aromatic carbocycles. The second-order valence-electron chi connectivity index (χ2n) is 7.96. The maximum Gasteiger partial charge on any atom is 0.323 e. The molecule has 1 aliphatic carbocycles. The summed E-state index contributed by atoms with van der Waals surface area (Å²) in [6.45, 7) is 4.09. The van der Waals surface area contributed by atoms with E-state index in [1.165, 1.54) is 25.7 Å². The van der Waals surface area contributed by atoms with E-state index in [1.807, 2.05) is 38.1 Å². The van der Waals surface area contributed by atoms with Crippen LogP contribution in [0.5, 0.6) is 5.75 Å². The summed E-state index contributed by atoms with van der Waals surface area (Å²) in [6, 6.07) is 9.77. The number of aliphatic carboxylic acids is 1. The summed E-state index contributed by atoms with van der Waals surface area (Å²) in [5.41, 5.74) is 2.00. The number of halogens is 2. The minimum Gasteiger partial charge on any atom is -0.495 e. The Hall–Kier alpha value is -2.61. The van der Waals surface area contributed by atoms with Crippen LogP contribution >= 0.6 is 15.9 Å². The first kappa shape index (κ1) is 25.6. The Kier molecular flexibility index (Phi) is 9.97.